The Bertz CT molecular complexity index is 807. The zero-order valence-corrected chi connectivity index (χ0v) is 15.8. The SMILES string of the molecule is COc1cccc([C@@H]2CN(Cc3cccc(OC)c3OC)C[C@H]2C(=O)O)c1. The first kappa shape index (κ1) is 19.0. The number of benzene rings is 2. The Kier molecular flexibility index (Phi) is 5.86. The van der Waals surface area contributed by atoms with Gasteiger partial charge in [-0.1, -0.05) is 24.3 Å². The molecule has 0 unspecified atom stereocenters. The molecule has 0 radical (unpaired) electrons. The number of para-hydroxylation sites is 1. The summed E-state index contributed by atoms with van der Waals surface area (Å²) in [6, 6.07) is 13.4. The van der Waals surface area contributed by atoms with Crippen LogP contribution in [0, 0.1) is 5.92 Å². The highest BCUT2D eigenvalue weighted by Crippen LogP contribution is 2.37. The molecule has 0 aromatic heterocycles. The zero-order valence-electron chi connectivity index (χ0n) is 15.8. The van der Waals surface area contributed by atoms with Crippen LogP contribution >= 0.6 is 0 Å². The van der Waals surface area contributed by atoms with Crippen LogP contribution in [0.2, 0.25) is 0 Å². The Balaban J connectivity index is 1.84. The van der Waals surface area contributed by atoms with Crippen LogP contribution < -0.4 is 14.2 Å². The van der Waals surface area contributed by atoms with Crippen LogP contribution in [0.1, 0.15) is 17.0 Å². The van der Waals surface area contributed by atoms with E-state index in [1.54, 1.807) is 21.3 Å². The van der Waals surface area contributed by atoms with Gasteiger partial charge in [0, 0.05) is 31.1 Å². The lowest BCUT2D eigenvalue weighted by atomic mass is 9.89. The molecule has 3 rings (SSSR count). The van der Waals surface area contributed by atoms with E-state index in [1.165, 1.54) is 0 Å². The van der Waals surface area contributed by atoms with Crippen LogP contribution in [0.15, 0.2) is 42.5 Å². The summed E-state index contributed by atoms with van der Waals surface area (Å²) in [5.74, 6) is 0.778. The van der Waals surface area contributed by atoms with Gasteiger partial charge in [0.15, 0.2) is 11.5 Å². The van der Waals surface area contributed by atoms with E-state index >= 15 is 0 Å². The van der Waals surface area contributed by atoms with Gasteiger partial charge in [0.1, 0.15) is 5.75 Å². The average molecular weight is 371 g/mol. The van der Waals surface area contributed by atoms with Crippen LogP contribution in [0.5, 0.6) is 17.2 Å². The Morgan fingerprint density at radius 2 is 1.85 bits per heavy atom. The van der Waals surface area contributed by atoms with Gasteiger partial charge in [-0.2, -0.15) is 0 Å². The van der Waals surface area contributed by atoms with E-state index in [4.69, 9.17) is 14.2 Å². The number of rotatable bonds is 7. The van der Waals surface area contributed by atoms with Gasteiger partial charge in [0.05, 0.1) is 27.2 Å². The maximum absolute atomic E-state index is 11.9. The normalized spacial score (nSPS) is 19.7. The van der Waals surface area contributed by atoms with Crippen molar-refractivity contribution in [2.75, 3.05) is 34.4 Å². The molecule has 0 bridgehead atoms. The fraction of sp³-hybridized carbons (Fsp3) is 0.381. The molecule has 0 saturated carbocycles. The molecular weight excluding hydrogens is 346 g/mol. The van der Waals surface area contributed by atoms with E-state index in [1.807, 2.05) is 42.5 Å². The molecule has 144 valence electrons. The van der Waals surface area contributed by atoms with Crippen molar-refractivity contribution in [2.45, 2.75) is 12.5 Å². The minimum atomic E-state index is -0.775. The third-order valence-corrected chi connectivity index (χ3v) is 5.11. The molecular formula is C21H25NO5. The quantitative estimate of drug-likeness (QED) is 0.807. The Morgan fingerprint density at radius 3 is 2.52 bits per heavy atom. The maximum atomic E-state index is 11.9. The van der Waals surface area contributed by atoms with Gasteiger partial charge in [-0.15, -0.1) is 0 Å². The molecule has 27 heavy (non-hydrogen) atoms. The van der Waals surface area contributed by atoms with Crippen molar-refractivity contribution in [1.82, 2.24) is 4.90 Å². The molecule has 2 atom stereocenters. The summed E-state index contributed by atoms with van der Waals surface area (Å²) in [6.07, 6.45) is 0. The van der Waals surface area contributed by atoms with Crippen LogP contribution in [-0.4, -0.2) is 50.4 Å². The van der Waals surface area contributed by atoms with Gasteiger partial charge >= 0.3 is 5.97 Å². The van der Waals surface area contributed by atoms with Crippen molar-refractivity contribution in [3.05, 3.63) is 53.6 Å². The number of likely N-dealkylation sites (tertiary alicyclic amines) is 1. The molecule has 1 saturated heterocycles. The van der Waals surface area contributed by atoms with Gasteiger partial charge < -0.3 is 19.3 Å². The van der Waals surface area contributed by atoms with Crippen molar-refractivity contribution in [2.24, 2.45) is 5.92 Å². The fourth-order valence-electron chi connectivity index (χ4n) is 3.79. The summed E-state index contributed by atoms with van der Waals surface area (Å²) in [4.78, 5) is 14.0. The lowest BCUT2D eigenvalue weighted by Gasteiger charge is -2.19. The number of hydrogen-bond acceptors (Lipinski definition) is 5. The number of aliphatic carboxylic acids is 1. The fourth-order valence-corrected chi connectivity index (χ4v) is 3.79. The van der Waals surface area contributed by atoms with E-state index < -0.39 is 11.9 Å². The molecule has 0 spiro atoms. The number of nitrogens with zero attached hydrogens (tertiary/aromatic N) is 1. The Hall–Kier alpha value is -2.73. The number of methoxy groups -OCH3 is 3. The molecule has 1 heterocycles. The number of carboxylic acids is 1. The highest BCUT2D eigenvalue weighted by molar-refractivity contribution is 5.72. The molecule has 0 amide bonds. The Morgan fingerprint density at radius 1 is 1.07 bits per heavy atom. The van der Waals surface area contributed by atoms with Crippen LogP contribution in [0.4, 0.5) is 0 Å². The molecule has 1 fully saturated rings. The van der Waals surface area contributed by atoms with E-state index in [9.17, 15) is 9.90 Å². The van der Waals surface area contributed by atoms with Crippen LogP contribution in [0.25, 0.3) is 0 Å². The van der Waals surface area contributed by atoms with Gasteiger partial charge in [-0.25, -0.2) is 0 Å². The number of ether oxygens (including phenoxy) is 3. The number of carbonyl (C=O) groups is 1. The molecule has 2 aromatic rings. The van der Waals surface area contributed by atoms with E-state index in [-0.39, 0.29) is 5.92 Å². The molecule has 0 aliphatic carbocycles. The largest absolute Gasteiger partial charge is 0.497 e. The Labute approximate surface area is 159 Å². The topological polar surface area (TPSA) is 68.2 Å². The molecule has 1 aliphatic rings. The van der Waals surface area contributed by atoms with E-state index in [2.05, 4.69) is 4.90 Å². The third kappa shape index (κ3) is 4.01. The third-order valence-electron chi connectivity index (χ3n) is 5.11. The molecule has 1 N–H and O–H groups in total. The average Bonchev–Trinajstić information content (AvgIpc) is 3.12. The monoisotopic (exact) mass is 371 g/mol. The summed E-state index contributed by atoms with van der Waals surface area (Å²) in [7, 11) is 4.84. The first-order valence-electron chi connectivity index (χ1n) is 8.86. The van der Waals surface area contributed by atoms with E-state index in [0.717, 1.165) is 16.9 Å². The van der Waals surface area contributed by atoms with Crippen molar-refractivity contribution in [1.29, 1.82) is 0 Å². The summed E-state index contributed by atoms with van der Waals surface area (Å²) in [6.45, 7) is 1.74. The lowest BCUT2D eigenvalue weighted by Crippen LogP contribution is -2.23. The van der Waals surface area contributed by atoms with E-state index in [0.29, 0.717) is 31.1 Å². The molecule has 2 aromatic carbocycles. The van der Waals surface area contributed by atoms with Crippen LogP contribution in [0.3, 0.4) is 0 Å². The standard InChI is InChI=1S/C21H25NO5/c1-25-16-8-4-6-14(10-16)17-12-22(13-18(17)21(23)24)11-15-7-5-9-19(26-2)20(15)27-3/h4-10,17-18H,11-13H2,1-3H3,(H,23,24)/t17-,18+/m0/s1. The second-order valence-corrected chi connectivity index (χ2v) is 6.67. The minimum absolute atomic E-state index is 0.0887. The molecule has 6 heteroatoms. The van der Waals surface area contributed by atoms with Crippen LogP contribution in [-0.2, 0) is 11.3 Å². The first-order chi connectivity index (χ1) is 13.1. The zero-order chi connectivity index (χ0) is 19.4. The smallest absolute Gasteiger partial charge is 0.308 e. The summed E-state index contributed by atoms with van der Waals surface area (Å²) < 4.78 is 16.2. The van der Waals surface area contributed by atoms with Crippen molar-refractivity contribution >= 4 is 5.97 Å². The highest BCUT2D eigenvalue weighted by Gasteiger charge is 2.38. The van der Waals surface area contributed by atoms with Gasteiger partial charge in [-0.3, -0.25) is 9.69 Å². The predicted molar refractivity (Wildman–Crippen MR) is 102 cm³/mol. The van der Waals surface area contributed by atoms with Crippen molar-refractivity contribution in [3.8, 4) is 17.2 Å². The summed E-state index contributed by atoms with van der Waals surface area (Å²) in [5.41, 5.74) is 1.97. The second kappa shape index (κ2) is 8.31. The van der Waals surface area contributed by atoms with Gasteiger partial charge in [0.2, 0.25) is 0 Å². The maximum Gasteiger partial charge on any atom is 0.308 e. The summed E-state index contributed by atoms with van der Waals surface area (Å²) in [5, 5.41) is 9.74. The second-order valence-electron chi connectivity index (χ2n) is 6.67. The number of hydrogen-bond donors (Lipinski definition) is 1. The van der Waals surface area contributed by atoms with Crippen molar-refractivity contribution in [3.63, 3.8) is 0 Å². The first-order valence-corrected chi connectivity index (χ1v) is 8.86. The molecule has 6 nitrogen and oxygen atoms in total. The van der Waals surface area contributed by atoms with Gasteiger partial charge in [-0.05, 0) is 23.8 Å². The predicted octanol–water partition coefficient (Wildman–Crippen LogP) is 3.01. The van der Waals surface area contributed by atoms with Gasteiger partial charge in [0.25, 0.3) is 0 Å². The minimum Gasteiger partial charge on any atom is -0.497 e. The highest BCUT2D eigenvalue weighted by atomic mass is 16.5. The molecule has 1 aliphatic heterocycles. The lowest BCUT2D eigenvalue weighted by molar-refractivity contribution is -0.141. The summed E-state index contributed by atoms with van der Waals surface area (Å²) >= 11 is 0. The number of carboxylic acid groups (broad SMARTS) is 1. The van der Waals surface area contributed by atoms with Crippen molar-refractivity contribution < 1.29 is 24.1 Å².